The molecule has 3 aliphatic carbocycles. The predicted octanol–water partition coefficient (Wildman–Crippen LogP) is -3.27. The van der Waals surface area contributed by atoms with Crippen LogP contribution in [-0.4, -0.2) is 174 Å². The summed E-state index contributed by atoms with van der Waals surface area (Å²) in [6.07, 6.45) is -6.18. The molecule has 0 bridgehead atoms. The highest BCUT2D eigenvalue weighted by atomic mass is 16.7. The van der Waals surface area contributed by atoms with E-state index in [9.17, 15) is 45.6 Å². The number of Topliss-reactive ketones (excluding diaryl/α,β-unsaturated/α-hetero) is 1. The highest BCUT2D eigenvalue weighted by Gasteiger charge is 2.87. The summed E-state index contributed by atoms with van der Waals surface area (Å²) in [6, 6.07) is -4.05. The van der Waals surface area contributed by atoms with E-state index >= 15 is 0 Å². The van der Waals surface area contributed by atoms with E-state index in [0.29, 0.717) is 0 Å². The predicted molar refractivity (Wildman–Crippen MR) is 162 cm³/mol. The van der Waals surface area contributed by atoms with Gasteiger partial charge in [0.2, 0.25) is 5.78 Å². The van der Waals surface area contributed by atoms with Crippen LogP contribution in [-0.2, 0) is 28.5 Å². The fourth-order valence-electron chi connectivity index (χ4n) is 8.83. The molecule has 2 unspecified atom stereocenters. The van der Waals surface area contributed by atoms with Gasteiger partial charge >= 0.3 is 0 Å². The number of ether oxygens (including phenoxy) is 5. The summed E-state index contributed by atoms with van der Waals surface area (Å²) in [7, 11) is 0. The Balaban J connectivity index is 1.30. The Morgan fingerprint density at radius 2 is 1.37 bits per heavy atom. The van der Waals surface area contributed by atoms with Gasteiger partial charge < -0.3 is 70.3 Å². The first kappa shape index (κ1) is 37.4. The van der Waals surface area contributed by atoms with E-state index in [4.69, 9.17) is 34.9 Å². The number of carbonyl (C=O) groups excluding carboxylic acids is 1. The van der Waals surface area contributed by atoms with Crippen LogP contribution in [0.5, 0.6) is 0 Å². The smallest absolute Gasteiger partial charge is 0.208 e. The molecule has 11 N–H and O–H groups in total. The molecule has 0 aromatic heterocycles. The second-order valence-electron chi connectivity index (χ2n) is 14.4. The summed E-state index contributed by atoms with van der Waals surface area (Å²) in [5.74, 6) is -0.889. The molecule has 0 spiro atoms. The van der Waals surface area contributed by atoms with E-state index in [2.05, 4.69) is 10.0 Å². The molecule has 3 heterocycles. The van der Waals surface area contributed by atoms with E-state index in [1.54, 1.807) is 0 Å². The van der Waals surface area contributed by atoms with Gasteiger partial charge in [0.1, 0.15) is 48.8 Å². The number of hydrogen-bond donors (Lipinski definition) is 10. The van der Waals surface area contributed by atoms with Crippen LogP contribution >= 0.6 is 0 Å². The third kappa shape index (κ3) is 6.29. The number of aliphatic hydroxyl groups is 8. The first-order valence-electron chi connectivity index (χ1n) is 17.5. The molecule has 3 aliphatic heterocycles. The van der Waals surface area contributed by atoms with Gasteiger partial charge in [0.15, 0.2) is 30.1 Å². The van der Waals surface area contributed by atoms with Gasteiger partial charge in [0, 0.05) is 12.1 Å². The van der Waals surface area contributed by atoms with Crippen molar-refractivity contribution in [2.24, 2.45) is 10.8 Å². The number of carbonyl (C=O) groups is 1. The maximum atomic E-state index is 13.2. The van der Waals surface area contributed by atoms with Crippen molar-refractivity contribution in [3.05, 3.63) is 0 Å². The van der Waals surface area contributed by atoms with Crippen molar-refractivity contribution in [1.29, 1.82) is 5.53 Å². The Kier molecular flexibility index (Phi) is 11.4. The van der Waals surface area contributed by atoms with Crippen molar-refractivity contribution in [3.8, 4) is 0 Å². The SMILES string of the molecule is N=N[C@H]1[C@H](OC2[C@@H](CO)O[C@@H](O)[C@H](N)[C@H]2O)O[C@H](CO)C(O[C@H]2O[C@@]3(CO)C(=O)[C@]3(O)[C@H](O)[C@H]2N(C2CCCCC2)C2CCCCC2)[C@@H]1O. The van der Waals surface area contributed by atoms with Crippen molar-refractivity contribution in [2.75, 3.05) is 19.8 Å². The summed E-state index contributed by atoms with van der Waals surface area (Å²) in [6.45, 7) is -2.40. The summed E-state index contributed by atoms with van der Waals surface area (Å²) < 4.78 is 29.6. The zero-order chi connectivity index (χ0) is 35.2. The Morgan fingerprint density at radius 3 is 1.90 bits per heavy atom. The molecule has 0 amide bonds. The maximum Gasteiger partial charge on any atom is 0.208 e. The third-order valence-electron chi connectivity index (χ3n) is 11.6. The Hall–Kier alpha value is -1.33. The number of nitrogens with zero attached hydrogens (tertiary/aromatic N) is 2. The minimum Gasteiger partial charge on any atom is -0.394 e. The van der Waals surface area contributed by atoms with Crippen LogP contribution in [0.15, 0.2) is 5.11 Å². The zero-order valence-corrected chi connectivity index (χ0v) is 27.4. The van der Waals surface area contributed by atoms with Crippen molar-refractivity contribution in [2.45, 2.75) is 167 Å². The molecule has 49 heavy (non-hydrogen) atoms. The molecular weight excluding hydrogens is 652 g/mol. The van der Waals surface area contributed by atoms with Crippen LogP contribution in [0.2, 0.25) is 0 Å². The summed E-state index contributed by atoms with van der Waals surface area (Å²) in [5, 5.41) is 89.7. The minimum atomic E-state index is -2.38. The van der Waals surface area contributed by atoms with Crippen LogP contribution < -0.4 is 5.73 Å². The molecule has 280 valence electrons. The number of nitrogens with two attached hydrogens (primary N) is 1. The van der Waals surface area contributed by atoms with E-state index < -0.39 is 117 Å². The molecular formula is C31H52N4O14. The van der Waals surface area contributed by atoms with Gasteiger partial charge in [-0.25, -0.2) is 5.53 Å². The molecule has 18 nitrogen and oxygen atoms in total. The second-order valence-corrected chi connectivity index (χ2v) is 14.4. The number of ketones is 1. The van der Waals surface area contributed by atoms with Gasteiger partial charge in [-0.1, -0.05) is 38.5 Å². The second kappa shape index (κ2) is 15.0. The quantitative estimate of drug-likeness (QED) is 0.0944. The fraction of sp³-hybridized carbons (Fsp3) is 0.968. The van der Waals surface area contributed by atoms with Crippen LogP contribution in [0.25, 0.3) is 0 Å². The monoisotopic (exact) mass is 704 g/mol. The lowest BCUT2D eigenvalue weighted by molar-refractivity contribution is -0.356. The van der Waals surface area contributed by atoms with Gasteiger partial charge in [0.25, 0.3) is 0 Å². The Labute approximate surface area is 283 Å². The van der Waals surface area contributed by atoms with Crippen LogP contribution in [0.1, 0.15) is 64.2 Å². The van der Waals surface area contributed by atoms with Gasteiger partial charge in [-0.05, 0) is 25.7 Å². The van der Waals surface area contributed by atoms with Crippen LogP contribution in [0.4, 0.5) is 0 Å². The number of aliphatic hydroxyl groups excluding tert-OH is 7. The number of nitrogens with one attached hydrogen (secondary N) is 1. The zero-order valence-electron chi connectivity index (χ0n) is 27.4. The average Bonchev–Trinajstić information content (AvgIpc) is 3.61. The topological polar surface area (TPSA) is 291 Å². The number of rotatable bonds is 11. The van der Waals surface area contributed by atoms with Crippen LogP contribution in [0.3, 0.4) is 0 Å². The molecule has 0 aromatic rings. The van der Waals surface area contributed by atoms with E-state index in [-0.39, 0.29) is 12.1 Å². The summed E-state index contributed by atoms with van der Waals surface area (Å²) in [4.78, 5) is 15.3. The molecule has 6 aliphatic rings. The number of fused-ring (bicyclic) bond motifs is 1. The average molecular weight is 705 g/mol. The third-order valence-corrected chi connectivity index (χ3v) is 11.6. The van der Waals surface area contributed by atoms with Crippen molar-refractivity contribution in [1.82, 2.24) is 4.90 Å². The Bertz CT molecular complexity index is 1140. The molecule has 0 radical (unpaired) electrons. The first-order chi connectivity index (χ1) is 23.5. The molecule has 0 aromatic carbocycles. The Morgan fingerprint density at radius 1 is 0.837 bits per heavy atom. The van der Waals surface area contributed by atoms with Crippen LogP contribution in [0, 0.1) is 5.53 Å². The lowest BCUT2D eigenvalue weighted by atomic mass is 9.84. The van der Waals surface area contributed by atoms with Crippen molar-refractivity contribution >= 4 is 5.78 Å². The van der Waals surface area contributed by atoms with Crippen molar-refractivity contribution in [3.63, 3.8) is 0 Å². The minimum absolute atomic E-state index is 0.0336. The molecule has 18 heteroatoms. The molecule has 3 saturated carbocycles. The van der Waals surface area contributed by atoms with E-state index in [0.717, 1.165) is 64.2 Å². The highest BCUT2D eigenvalue weighted by Crippen LogP contribution is 2.56. The standard InChI is InChI=1S/C31H52N4O14/c32-18-21(39)23(16(11-36)45-26(18)42)47-27-19(34-33)22(40)24(17(12-37)46-27)48-28-20(25(41)31(44)29(43)30(31,13-38)49-28)35(14-7-3-1-4-8-14)15-9-5-2-6-10-15/h14-28,33,36-42,44H,1-13,32H2/t16-,17-,18-,19-,20-,21-,22-,23?,24?,25-,26-,27+,28+,30+,31-/m1/s1. The fourth-order valence-corrected chi connectivity index (χ4v) is 8.83. The molecule has 6 rings (SSSR count). The van der Waals surface area contributed by atoms with Crippen molar-refractivity contribution < 1.29 is 69.3 Å². The molecule has 15 atom stereocenters. The largest absolute Gasteiger partial charge is 0.394 e. The summed E-state index contributed by atoms with van der Waals surface area (Å²) >= 11 is 0. The maximum absolute atomic E-state index is 13.2. The van der Waals surface area contributed by atoms with E-state index in [1.807, 2.05) is 0 Å². The van der Waals surface area contributed by atoms with Gasteiger partial charge in [-0.3, -0.25) is 9.69 Å². The lowest BCUT2D eigenvalue weighted by Gasteiger charge is -2.53. The first-order valence-corrected chi connectivity index (χ1v) is 17.5. The van der Waals surface area contributed by atoms with Gasteiger partial charge in [-0.15, -0.1) is 0 Å². The van der Waals surface area contributed by atoms with Gasteiger partial charge in [0.05, 0.1) is 31.9 Å². The molecule has 3 saturated heterocycles. The summed E-state index contributed by atoms with van der Waals surface area (Å²) in [5.41, 5.74) is 9.15. The lowest BCUT2D eigenvalue weighted by Crippen LogP contribution is -2.70. The van der Waals surface area contributed by atoms with E-state index in [1.165, 1.54) is 0 Å². The molecule has 6 fully saturated rings. The van der Waals surface area contributed by atoms with Gasteiger partial charge in [-0.2, -0.15) is 5.11 Å². The normalized spacial score (nSPS) is 48.4. The number of hydrogen-bond acceptors (Lipinski definition) is 18. The highest BCUT2D eigenvalue weighted by molar-refractivity contribution is 6.15.